The maximum absolute atomic E-state index is 11.1. The highest BCUT2D eigenvalue weighted by molar-refractivity contribution is 9.10. The summed E-state index contributed by atoms with van der Waals surface area (Å²) in [6, 6.07) is 4.79. The van der Waals surface area contributed by atoms with Crippen LogP contribution < -0.4 is 4.74 Å². The number of halogens is 1. The number of benzene rings is 1. The molecule has 0 aliphatic carbocycles. The van der Waals surface area contributed by atoms with Gasteiger partial charge in [-0.05, 0) is 18.2 Å². The Bertz CT molecular complexity index is 613. The van der Waals surface area contributed by atoms with E-state index in [4.69, 9.17) is 9.84 Å². The van der Waals surface area contributed by atoms with Gasteiger partial charge in [-0.25, -0.2) is 4.79 Å². The number of carboxylic acid groups (broad SMARTS) is 1. The van der Waals surface area contributed by atoms with E-state index in [1.807, 2.05) is 13.8 Å². The smallest absolute Gasteiger partial charge is 0.339 e. The molecule has 0 atom stereocenters. The first-order valence-electron chi connectivity index (χ1n) is 5.51. The van der Waals surface area contributed by atoms with Gasteiger partial charge in [0, 0.05) is 21.9 Å². The van der Waals surface area contributed by atoms with Crippen LogP contribution in [-0.2, 0) is 0 Å². The first-order valence-corrected chi connectivity index (χ1v) is 7.08. The van der Waals surface area contributed by atoms with Crippen molar-refractivity contribution in [2.75, 3.05) is 0 Å². The summed E-state index contributed by atoms with van der Waals surface area (Å²) < 4.78 is 10.3. The number of aromatic nitrogens is 2. The van der Waals surface area contributed by atoms with Crippen LogP contribution in [-0.4, -0.2) is 20.4 Å². The molecule has 0 amide bonds. The van der Waals surface area contributed by atoms with Gasteiger partial charge in [0.25, 0.3) is 5.19 Å². The molecule has 1 aromatic heterocycles. The van der Waals surface area contributed by atoms with E-state index in [2.05, 4.69) is 25.3 Å². The predicted molar refractivity (Wildman–Crippen MR) is 75.2 cm³/mol. The first kappa shape index (κ1) is 14.0. The van der Waals surface area contributed by atoms with E-state index in [9.17, 15) is 4.79 Å². The highest BCUT2D eigenvalue weighted by atomic mass is 79.9. The van der Waals surface area contributed by atoms with Gasteiger partial charge < -0.3 is 9.84 Å². The van der Waals surface area contributed by atoms with Crippen LogP contribution in [0.15, 0.2) is 22.7 Å². The highest BCUT2D eigenvalue weighted by Crippen LogP contribution is 2.30. The molecular formula is C12H11BrN2O3S. The molecular weight excluding hydrogens is 332 g/mol. The molecule has 1 aromatic carbocycles. The van der Waals surface area contributed by atoms with E-state index >= 15 is 0 Å². The molecule has 1 N–H and O–H groups in total. The summed E-state index contributed by atoms with van der Waals surface area (Å²) in [5, 5.41) is 9.47. The Labute approximate surface area is 122 Å². The maximum Gasteiger partial charge on any atom is 0.339 e. The molecule has 0 aliphatic rings. The monoisotopic (exact) mass is 342 g/mol. The summed E-state index contributed by atoms with van der Waals surface area (Å²) in [6.07, 6.45) is 0. The van der Waals surface area contributed by atoms with Gasteiger partial charge in [-0.3, -0.25) is 0 Å². The van der Waals surface area contributed by atoms with Gasteiger partial charge in [0.15, 0.2) is 0 Å². The van der Waals surface area contributed by atoms with E-state index in [1.54, 1.807) is 12.1 Å². The lowest BCUT2D eigenvalue weighted by molar-refractivity contribution is 0.0694. The van der Waals surface area contributed by atoms with E-state index in [1.165, 1.54) is 6.07 Å². The van der Waals surface area contributed by atoms with Gasteiger partial charge in [-0.15, -0.1) is 0 Å². The molecule has 2 rings (SSSR count). The Hall–Kier alpha value is -1.47. The van der Waals surface area contributed by atoms with Crippen molar-refractivity contribution in [3.8, 4) is 10.9 Å². The van der Waals surface area contributed by atoms with Gasteiger partial charge >= 0.3 is 5.97 Å². The number of rotatable bonds is 4. The molecule has 100 valence electrons. The van der Waals surface area contributed by atoms with Crippen molar-refractivity contribution in [1.82, 2.24) is 9.36 Å². The molecule has 2 aromatic rings. The average Bonchev–Trinajstić information content (AvgIpc) is 2.80. The third kappa shape index (κ3) is 3.30. The van der Waals surface area contributed by atoms with Crippen molar-refractivity contribution in [3.63, 3.8) is 0 Å². The lowest BCUT2D eigenvalue weighted by Gasteiger charge is -2.05. The Morgan fingerprint density at radius 2 is 2.21 bits per heavy atom. The second-order valence-electron chi connectivity index (χ2n) is 4.12. The molecule has 0 saturated carbocycles. The lowest BCUT2D eigenvalue weighted by Crippen LogP contribution is -2.00. The van der Waals surface area contributed by atoms with Gasteiger partial charge in [0.2, 0.25) is 0 Å². The Morgan fingerprint density at radius 1 is 1.47 bits per heavy atom. The van der Waals surface area contributed by atoms with Crippen LogP contribution in [0.3, 0.4) is 0 Å². The third-order valence-corrected chi connectivity index (χ3v) is 3.41. The molecule has 0 saturated heterocycles. The fraction of sp³-hybridized carbons (Fsp3) is 0.250. The van der Waals surface area contributed by atoms with Gasteiger partial charge in [-0.1, -0.05) is 29.8 Å². The summed E-state index contributed by atoms with van der Waals surface area (Å²) in [5.74, 6) is 0.0958. The normalized spacial score (nSPS) is 10.7. The zero-order chi connectivity index (χ0) is 14.0. The standard InChI is InChI=1S/C12H11BrN2O3S/c1-6(2)10-14-12(19-15-10)18-9-4-3-7(13)5-8(9)11(16)17/h3-6H,1-2H3,(H,16,17). The third-order valence-electron chi connectivity index (χ3n) is 2.31. The SMILES string of the molecule is CC(C)c1nsc(Oc2ccc(Br)cc2C(=O)O)n1. The van der Waals surface area contributed by atoms with Crippen molar-refractivity contribution in [3.05, 3.63) is 34.1 Å². The molecule has 0 bridgehead atoms. The van der Waals surface area contributed by atoms with E-state index in [0.29, 0.717) is 15.5 Å². The summed E-state index contributed by atoms with van der Waals surface area (Å²) in [5.41, 5.74) is 0.0793. The maximum atomic E-state index is 11.1. The van der Waals surface area contributed by atoms with Crippen LogP contribution in [0.1, 0.15) is 35.9 Å². The minimum absolute atomic E-state index is 0.0793. The zero-order valence-corrected chi connectivity index (χ0v) is 12.7. The zero-order valence-electron chi connectivity index (χ0n) is 10.3. The average molecular weight is 343 g/mol. The second kappa shape index (κ2) is 5.66. The number of hydrogen-bond acceptors (Lipinski definition) is 5. The number of hydrogen-bond donors (Lipinski definition) is 1. The van der Waals surface area contributed by atoms with Crippen LogP contribution in [0.2, 0.25) is 0 Å². The highest BCUT2D eigenvalue weighted by Gasteiger charge is 2.15. The first-order chi connectivity index (χ1) is 8.97. The van der Waals surface area contributed by atoms with Crippen molar-refractivity contribution in [1.29, 1.82) is 0 Å². The summed E-state index contributed by atoms with van der Waals surface area (Å²) in [4.78, 5) is 15.4. The summed E-state index contributed by atoms with van der Waals surface area (Å²) in [7, 11) is 0. The van der Waals surface area contributed by atoms with Crippen LogP contribution in [0.5, 0.6) is 10.9 Å². The quantitative estimate of drug-likeness (QED) is 0.911. The van der Waals surface area contributed by atoms with Gasteiger partial charge in [0.1, 0.15) is 17.1 Å². The number of carboxylic acids is 1. The molecule has 7 heteroatoms. The summed E-state index contributed by atoms with van der Waals surface area (Å²) >= 11 is 4.34. The molecule has 5 nitrogen and oxygen atoms in total. The molecule has 0 spiro atoms. The Morgan fingerprint density at radius 3 is 2.79 bits per heavy atom. The molecule has 1 heterocycles. The number of aromatic carboxylic acids is 1. The fourth-order valence-corrected chi connectivity index (χ4v) is 2.39. The molecule has 19 heavy (non-hydrogen) atoms. The number of nitrogens with zero attached hydrogens (tertiary/aromatic N) is 2. The molecule has 0 unspecified atom stereocenters. The lowest BCUT2D eigenvalue weighted by atomic mass is 10.2. The topological polar surface area (TPSA) is 72.3 Å². The Kier molecular flexibility index (Phi) is 4.16. The largest absolute Gasteiger partial charge is 0.478 e. The second-order valence-corrected chi connectivity index (χ2v) is 5.75. The van der Waals surface area contributed by atoms with Crippen LogP contribution in [0.25, 0.3) is 0 Å². The molecule has 0 fully saturated rings. The van der Waals surface area contributed by atoms with Crippen LogP contribution >= 0.6 is 27.5 Å². The Balaban J connectivity index is 2.29. The minimum atomic E-state index is -1.05. The van der Waals surface area contributed by atoms with Crippen molar-refractivity contribution >= 4 is 33.4 Å². The predicted octanol–water partition coefficient (Wildman–Crippen LogP) is 3.91. The van der Waals surface area contributed by atoms with E-state index < -0.39 is 5.97 Å². The minimum Gasteiger partial charge on any atom is -0.478 e. The van der Waals surface area contributed by atoms with E-state index in [-0.39, 0.29) is 17.2 Å². The van der Waals surface area contributed by atoms with Gasteiger partial charge in [0.05, 0.1) is 0 Å². The fourth-order valence-electron chi connectivity index (χ4n) is 1.35. The van der Waals surface area contributed by atoms with Crippen molar-refractivity contribution in [2.24, 2.45) is 0 Å². The van der Waals surface area contributed by atoms with Crippen molar-refractivity contribution < 1.29 is 14.6 Å². The van der Waals surface area contributed by atoms with Crippen molar-refractivity contribution in [2.45, 2.75) is 19.8 Å². The van der Waals surface area contributed by atoms with Crippen LogP contribution in [0, 0.1) is 0 Å². The molecule has 0 aliphatic heterocycles. The van der Waals surface area contributed by atoms with Crippen LogP contribution in [0.4, 0.5) is 0 Å². The number of carbonyl (C=O) groups is 1. The summed E-state index contributed by atoms with van der Waals surface area (Å²) in [6.45, 7) is 3.96. The van der Waals surface area contributed by atoms with E-state index in [0.717, 1.165) is 11.5 Å². The number of ether oxygens (including phenoxy) is 1. The van der Waals surface area contributed by atoms with Gasteiger partial charge in [-0.2, -0.15) is 9.36 Å². The molecule has 0 radical (unpaired) electrons.